The lowest BCUT2D eigenvalue weighted by atomic mass is 10.1. The van der Waals surface area contributed by atoms with Gasteiger partial charge in [-0.25, -0.2) is 9.97 Å². The van der Waals surface area contributed by atoms with Gasteiger partial charge >= 0.3 is 0 Å². The van der Waals surface area contributed by atoms with Crippen LogP contribution >= 0.6 is 0 Å². The molecule has 1 spiro atoms. The molecule has 2 aliphatic rings. The van der Waals surface area contributed by atoms with Crippen LogP contribution in [0, 0.1) is 0 Å². The van der Waals surface area contributed by atoms with E-state index < -0.39 is 0 Å². The molecule has 1 saturated carbocycles. The number of carbonyl (C=O) groups excluding carboxylic acids is 1. The van der Waals surface area contributed by atoms with Crippen molar-refractivity contribution >= 4 is 5.91 Å². The fourth-order valence-corrected chi connectivity index (χ4v) is 2.53. The zero-order valence-corrected chi connectivity index (χ0v) is 10.3. The van der Waals surface area contributed by atoms with E-state index in [-0.39, 0.29) is 11.4 Å². The zero-order chi connectivity index (χ0) is 12.4. The molecule has 1 aromatic heterocycles. The van der Waals surface area contributed by atoms with E-state index in [1.54, 1.807) is 12.4 Å². The quantitative estimate of drug-likeness (QED) is 0.793. The van der Waals surface area contributed by atoms with E-state index in [2.05, 4.69) is 9.97 Å². The molecule has 1 aliphatic heterocycles. The van der Waals surface area contributed by atoms with Crippen molar-refractivity contribution in [3.63, 3.8) is 0 Å². The maximum atomic E-state index is 12.3. The van der Waals surface area contributed by atoms with Crippen LogP contribution in [0.4, 0.5) is 0 Å². The summed E-state index contributed by atoms with van der Waals surface area (Å²) >= 11 is 0. The standard InChI is InChI=1S/C13H17N3O2/c17-12(2-1-11-7-14-10-15-8-11)16-5-6-18-9-13(16)3-4-13/h7-8,10H,1-6,9H2. The van der Waals surface area contributed by atoms with Crippen molar-refractivity contribution in [1.82, 2.24) is 14.9 Å². The Labute approximate surface area is 106 Å². The number of hydrogen-bond acceptors (Lipinski definition) is 4. The monoisotopic (exact) mass is 247 g/mol. The van der Waals surface area contributed by atoms with Gasteiger partial charge in [0.2, 0.25) is 5.91 Å². The van der Waals surface area contributed by atoms with Crippen LogP contribution in [0.15, 0.2) is 18.7 Å². The number of aryl methyl sites for hydroxylation is 1. The Morgan fingerprint density at radius 2 is 2.17 bits per heavy atom. The molecule has 5 heteroatoms. The highest BCUT2D eigenvalue weighted by molar-refractivity contribution is 5.78. The van der Waals surface area contributed by atoms with Gasteiger partial charge in [-0.1, -0.05) is 0 Å². The summed E-state index contributed by atoms with van der Waals surface area (Å²) in [5.74, 6) is 0.236. The summed E-state index contributed by atoms with van der Waals surface area (Å²) in [5.41, 5.74) is 1.06. The van der Waals surface area contributed by atoms with Crippen molar-refractivity contribution in [1.29, 1.82) is 0 Å². The molecule has 0 atom stereocenters. The Bertz CT molecular complexity index is 431. The molecule has 18 heavy (non-hydrogen) atoms. The van der Waals surface area contributed by atoms with E-state index in [1.807, 2.05) is 4.90 Å². The van der Waals surface area contributed by atoms with Gasteiger partial charge in [0.05, 0.1) is 18.8 Å². The van der Waals surface area contributed by atoms with Gasteiger partial charge < -0.3 is 9.64 Å². The minimum atomic E-state index is 0.0442. The molecule has 1 aliphatic carbocycles. The number of morpholine rings is 1. The Kier molecular flexibility index (Phi) is 2.99. The maximum absolute atomic E-state index is 12.3. The Hall–Kier alpha value is -1.49. The van der Waals surface area contributed by atoms with Gasteiger partial charge in [-0.3, -0.25) is 4.79 Å². The maximum Gasteiger partial charge on any atom is 0.223 e. The number of ether oxygens (including phenoxy) is 1. The van der Waals surface area contributed by atoms with Gasteiger partial charge in [0.25, 0.3) is 0 Å². The first-order valence-electron chi connectivity index (χ1n) is 6.42. The van der Waals surface area contributed by atoms with Crippen molar-refractivity contribution in [2.24, 2.45) is 0 Å². The highest BCUT2D eigenvalue weighted by atomic mass is 16.5. The van der Waals surface area contributed by atoms with Crippen molar-refractivity contribution < 1.29 is 9.53 Å². The summed E-state index contributed by atoms with van der Waals surface area (Å²) in [7, 11) is 0. The van der Waals surface area contributed by atoms with Crippen LogP contribution < -0.4 is 0 Å². The van der Waals surface area contributed by atoms with Crippen LogP contribution in [0.5, 0.6) is 0 Å². The van der Waals surface area contributed by atoms with Gasteiger partial charge in [0.15, 0.2) is 0 Å². The smallest absolute Gasteiger partial charge is 0.223 e. The number of carbonyl (C=O) groups is 1. The highest BCUT2D eigenvalue weighted by Crippen LogP contribution is 2.43. The summed E-state index contributed by atoms with van der Waals surface area (Å²) in [4.78, 5) is 22.2. The molecule has 3 rings (SSSR count). The van der Waals surface area contributed by atoms with E-state index in [4.69, 9.17) is 4.74 Å². The zero-order valence-electron chi connectivity index (χ0n) is 10.3. The molecule has 96 valence electrons. The fourth-order valence-electron chi connectivity index (χ4n) is 2.53. The molecule has 0 aromatic carbocycles. The first-order chi connectivity index (χ1) is 8.80. The molecular weight excluding hydrogens is 230 g/mol. The molecule has 0 unspecified atom stereocenters. The van der Waals surface area contributed by atoms with Crippen LogP contribution in [0.2, 0.25) is 0 Å². The first-order valence-corrected chi connectivity index (χ1v) is 6.42. The minimum Gasteiger partial charge on any atom is -0.377 e. The van der Waals surface area contributed by atoms with Crippen molar-refractivity contribution in [2.75, 3.05) is 19.8 Å². The molecular formula is C13H17N3O2. The summed E-state index contributed by atoms with van der Waals surface area (Å²) in [6, 6.07) is 0. The van der Waals surface area contributed by atoms with E-state index in [0.29, 0.717) is 26.1 Å². The molecule has 0 radical (unpaired) electrons. The van der Waals surface area contributed by atoms with E-state index in [1.165, 1.54) is 6.33 Å². The van der Waals surface area contributed by atoms with Crippen LogP contribution in [0.1, 0.15) is 24.8 Å². The number of amides is 1. The largest absolute Gasteiger partial charge is 0.377 e. The van der Waals surface area contributed by atoms with E-state index in [0.717, 1.165) is 24.9 Å². The van der Waals surface area contributed by atoms with Crippen LogP contribution in [0.25, 0.3) is 0 Å². The normalized spacial score (nSPS) is 21.0. The molecule has 0 bridgehead atoms. The molecule has 2 heterocycles. The Morgan fingerprint density at radius 1 is 1.39 bits per heavy atom. The summed E-state index contributed by atoms with van der Waals surface area (Å²) in [5, 5.41) is 0. The number of nitrogens with zero attached hydrogens (tertiary/aromatic N) is 3. The third-order valence-corrected chi connectivity index (χ3v) is 3.77. The second kappa shape index (κ2) is 4.65. The molecule has 0 N–H and O–H groups in total. The lowest BCUT2D eigenvalue weighted by molar-refractivity contribution is -0.141. The lowest BCUT2D eigenvalue weighted by Gasteiger charge is -2.36. The van der Waals surface area contributed by atoms with Crippen LogP contribution in [-0.2, 0) is 16.0 Å². The number of rotatable bonds is 3. The first kappa shape index (κ1) is 11.6. The topological polar surface area (TPSA) is 55.3 Å². The van der Waals surface area contributed by atoms with Gasteiger partial charge in [0.1, 0.15) is 6.33 Å². The van der Waals surface area contributed by atoms with E-state index in [9.17, 15) is 4.79 Å². The predicted octanol–water partition coefficient (Wildman–Crippen LogP) is 0.801. The Balaban J connectivity index is 1.58. The van der Waals surface area contributed by atoms with Gasteiger partial charge in [0, 0.05) is 25.4 Å². The fraction of sp³-hybridized carbons (Fsp3) is 0.615. The average molecular weight is 247 g/mol. The molecule has 1 saturated heterocycles. The van der Waals surface area contributed by atoms with Crippen LogP contribution in [0.3, 0.4) is 0 Å². The SMILES string of the molecule is O=C(CCc1cncnc1)N1CCOCC12CC2. The summed E-state index contributed by atoms with van der Waals surface area (Å²) < 4.78 is 5.48. The Morgan fingerprint density at radius 3 is 2.89 bits per heavy atom. The van der Waals surface area contributed by atoms with Crippen molar-refractivity contribution in [3.05, 3.63) is 24.3 Å². The molecule has 1 amide bonds. The third-order valence-electron chi connectivity index (χ3n) is 3.77. The van der Waals surface area contributed by atoms with Gasteiger partial charge in [-0.05, 0) is 24.8 Å². The third kappa shape index (κ3) is 2.22. The highest BCUT2D eigenvalue weighted by Gasteiger charge is 2.51. The average Bonchev–Trinajstić information content (AvgIpc) is 3.18. The molecule has 1 aromatic rings. The van der Waals surface area contributed by atoms with E-state index >= 15 is 0 Å². The predicted molar refractivity (Wildman–Crippen MR) is 64.9 cm³/mol. The second-order valence-corrected chi connectivity index (χ2v) is 5.07. The van der Waals surface area contributed by atoms with Crippen molar-refractivity contribution in [2.45, 2.75) is 31.2 Å². The van der Waals surface area contributed by atoms with Crippen molar-refractivity contribution in [3.8, 4) is 0 Å². The number of hydrogen-bond donors (Lipinski definition) is 0. The lowest BCUT2D eigenvalue weighted by Crippen LogP contribution is -2.50. The minimum absolute atomic E-state index is 0.0442. The summed E-state index contributed by atoms with van der Waals surface area (Å²) in [6.07, 6.45) is 8.48. The molecule has 2 fully saturated rings. The van der Waals surface area contributed by atoms with Crippen LogP contribution in [-0.4, -0.2) is 46.1 Å². The number of aromatic nitrogens is 2. The van der Waals surface area contributed by atoms with Gasteiger partial charge in [-0.15, -0.1) is 0 Å². The summed E-state index contributed by atoms with van der Waals surface area (Å²) in [6.45, 7) is 2.12. The second-order valence-electron chi connectivity index (χ2n) is 5.07. The molecule has 5 nitrogen and oxygen atoms in total. The van der Waals surface area contributed by atoms with Gasteiger partial charge in [-0.2, -0.15) is 0 Å².